The lowest BCUT2D eigenvalue weighted by Gasteiger charge is -2.12. The van der Waals surface area contributed by atoms with Gasteiger partial charge in [0.25, 0.3) is 10.0 Å². The maximum Gasteiger partial charge on any atom is 0.276 e. The monoisotopic (exact) mass is 423 g/mol. The van der Waals surface area contributed by atoms with Crippen molar-refractivity contribution in [3.63, 3.8) is 0 Å². The molecule has 1 N–H and O–H groups in total. The van der Waals surface area contributed by atoms with Gasteiger partial charge >= 0.3 is 0 Å². The molecule has 0 bridgehead atoms. The van der Waals surface area contributed by atoms with Crippen molar-refractivity contribution in [3.8, 4) is 22.5 Å². The molecular formula is C22H18ClN3O2S. The SMILES string of the molecule is Cc1ccccc1-c1cc(-c2ccc(Cl)cc2)nn1NS(=O)(=O)c1ccccc1. The molecule has 0 amide bonds. The second kappa shape index (κ2) is 7.73. The Hall–Kier alpha value is -3.09. The van der Waals surface area contributed by atoms with E-state index in [9.17, 15) is 8.42 Å². The van der Waals surface area contributed by atoms with Crippen LogP contribution in [0.3, 0.4) is 0 Å². The zero-order valence-electron chi connectivity index (χ0n) is 15.6. The van der Waals surface area contributed by atoms with Crippen molar-refractivity contribution in [3.05, 3.63) is 95.5 Å². The fourth-order valence-electron chi connectivity index (χ4n) is 3.03. The number of aromatic nitrogens is 2. The van der Waals surface area contributed by atoms with E-state index in [-0.39, 0.29) is 4.90 Å². The summed E-state index contributed by atoms with van der Waals surface area (Å²) in [6.07, 6.45) is 0. The van der Waals surface area contributed by atoms with Crippen molar-refractivity contribution in [2.75, 3.05) is 4.83 Å². The van der Waals surface area contributed by atoms with Crippen LogP contribution in [0.1, 0.15) is 5.56 Å². The van der Waals surface area contributed by atoms with Crippen molar-refractivity contribution < 1.29 is 8.42 Å². The number of benzene rings is 3. The van der Waals surface area contributed by atoms with Crippen LogP contribution in [0.25, 0.3) is 22.5 Å². The highest BCUT2D eigenvalue weighted by Gasteiger charge is 2.19. The maximum absolute atomic E-state index is 12.9. The molecule has 4 aromatic rings. The van der Waals surface area contributed by atoms with Gasteiger partial charge in [-0.2, -0.15) is 23.1 Å². The van der Waals surface area contributed by atoms with E-state index in [4.69, 9.17) is 11.6 Å². The summed E-state index contributed by atoms with van der Waals surface area (Å²) in [5, 5.41) is 5.14. The predicted octanol–water partition coefficient (Wildman–Crippen LogP) is 5.11. The predicted molar refractivity (Wildman–Crippen MR) is 116 cm³/mol. The van der Waals surface area contributed by atoms with E-state index in [1.807, 2.05) is 49.4 Å². The Balaban J connectivity index is 1.83. The molecule has 0 saturated carbocycles. The van der Waals surface area contributed by atoms with E-state index >= 15 is 0 Å². The quantitative estimate of drug-likeness (QED) is 0.485. The summed E-state index contributed by atoms with van der Waals surface area (Å²) in [6.45, 7) is 1.97. The highest BCUT2D eigenvalue weighted by molar-refractivity contribution is 7.92. The molecule has 0 spiro atoms. The van der Waals surface area contributed by atoms with Crippen LogP contribution in [0.4, 0.5) is 0 Å². The number of rotatable bonds is 5. The minimum absolute atomic E-state index is 0.166. The summed E-state index contributed by atoms with van der Waals surface area (Å²) >= 11 is 5.99. The third-order valence-corrected chi connectivity index (χ3v) is 6.09. The Bertz CT molecular complexity index is 1250. The molecule has 5 nitrogen and oxygen atoms in total. The minimum Gasteiger partial charge on any atom is -0.200 e. The van der Waals surface area contributed by atoms with E-state index in [0.29, 0.717) is 16.4 Å². The molecule has 1 heterocycles. The van der Waals surface area contributed by atoms with Gasteiger partial charge in [0.05, 0.1) is 16.3 Å². The van der Waals surface area contributed by atoms with Gasteiger partial charge in [0.2, 0.25) is 0 Å². The van der Waals surface area contributed by atoms with Gasteiger partial charge in [-0.25, -0.2) is 0 Å². The van der Waals surface area contributed by atoms with Crippen molar-refractivity contribution in [2.24, 2.45) is 0 Å². The van der Waals surface area contributed by atoms with Crippen LogP contribution in [0.2, 0.25) is 5.02 Å². The van der Waals surface area contributed by atoms with Gasteiger partial charge in [-0.15, -0.1) is 0 Å². The van der Waals surface area contributed by atoms with E-state index < -0.39 is 10.0 Å². The topological polar surface area (TPSA) is 64.0 Å². The Labute approximate surface area is 174 Å². The Morgan fingerprint density at radius 1 is 0.897 bits per heavy atom. The van der Waals surface area contributed by atoms with Crippen LogP contribution < -0.4 is 4.83 Å². The zero-order valence-corrected chi connectivity index (χ0v) is 17.2. The smallest absolute Gasteiger partial charge is 0.200 e. The number of hydrogen-bond acceptors (Lipinski definition) is 3. The third-order valence-electron chi connectivity index (χ3n) is 4.53. The molecule has 0 aliphatic rings. The lowest BCUT2D eigenvalue weighted by Crippen LogP contribution is -2.25. The standard InChI is InChI=1S/C22H18ClN3O2S/c1-16-7-5-6-10-20(16)22-15-21(17-11-13-18(23)14-12-17)24-26(22)25-29(27,28)19-8-3-2-4-9-19/h2-15,25H,1H3. The molecule has 146 valence electrons. The average molecular weight is 424 g/mol. The van der Waals surface area contributed by atoms with Crippen LogP contribution in [-0.4, -0.2) is 18.3 Å². The lowest BCUT2D eigenvalue weighted by molar-refractivity contribution is 0.592. The van der Waals surface area contributed by atoms with Gasteiger partial charge in [0, 0.05) is 16.1 Å². The molecule has 0 atom stereocenters. The molecule has 0 aliphatic carbocycles. The summed E-state index contributed by atoms with van der Waals surface area (Å²) < 4.78 is 25.7. The van der Waals surface area contributed by atoms with Crippen LogP contribution >= 0.6 is 11.6 Å². The van der Waals surface area contributed by atoms with Gasteiger partial charge in [0.1, 0.15) is 0 Å². The molecule has 3 aromatic carbocycles. The van der Waals surface area contributed by atoms with Gasteiger partial charge < -0.3 is 0 Å². The first kappa shape index (κ1) is 19.2. The van der Waals surface area contributed by atoms with Gasteiger partial charge in [0.15, 0.2) is 0 Å². The maximum atomic E-state index is 12.9. The molecule has 1 aromatic heterocycles. The van der Waals surface area contributed by atoms with Crippen LogP contribution in [0.5, 0.6) is 0 Å². The molecule has 29 heavy (non-hydrogen) atoms. The van der Waals surface area contributed by atoms with E-state index in [1.54, 1.807) is 42.5 Å². The Kier molecular flexibility index (Phi) is 5.13. The highest BCUT2D eigenvalue weighted by atomic mass is 35.5. The van der Waals surface area contributed by atoms with Crippen LogP contribution in [0.15, 0.2) is 89.8 Å². The number of nitrogens with zero attached hydrogens (tertiary/aromatic N) is 2. The number of hydrogen-bond donors (Lipinski definition) is 1. The van der Waals surface area contributed by atoms with Crippen LogP contribution in [0, 0.1) is 6.92 Å². The van der Waals surface area contributed by atoms with E-state index in [1.165, 1.54) is 4.79 Å². The van der Waals surface area contributed by atoms with Crippen molar-refractivity contribution >= 4 is 21.6 Å². The molecular weight excluding hydrogens is 406 g/mol. The molecule has 0 fully saturated rings. The fraction of sp³-hybridized carbons (Fsp3) is 0.0455. The summed E-state index contributed by atoms with van der Waals surface area (Å²) in [5.41, 5.74) is 4.01. The van der Waals surface area contributed by atoms with Crippen LogP contribution in [-0.2, 0) is 10.0 Å². The number of aryl methyl sites for hydroxylation is 1. The third kappa shape index (κ3) is 4.04. The molecule has 0 aliphatic heterocycles. The Morgan fingerprint density at radius 3 is 2.24 bits per heavy atom. The normalized spacial score (nSPS) is 11.4. The molecule has 4 rings (SSSR count). The summed E-state index contributed by atoms with van der Waals surface area (Å²) in [7, 11) is -3.80. The van der Waals surface area contributed by atoms with Crippen molar-refractivity contribution in [1.29, 1.82) is 0 Å². The minimum atomic E-state index is -3.80. The van der Waals surface area contributed by atoms with Gasteiger partial charge in [-0.05, 0) is 42.8 Å². The fourth-order valence-corrected chi connectivity index (χ4v) is 4.14. The molecule has 0 radical (unpaired) electrons. The van der Waals surface area contributed by atoms with Crippen molar-refractivity contribution in [2.45, 2.75) is 11.8 Å². The van der Waals surface area contributed by atoms with Gasteiger partial charge in [-0.3, -0.25) is 0 Å². The Morgan fingerprint density at radius 2 is 1.55 bits per heavy atom. The summed E-state index contributed by atoms with van der Waals surface area (Å²) in [4.78, 5) is 4.06. The van der Waals surface area contributed by atoms with Gasteiger partial charge in [-0.1, -0.05) is 66.2 Å². The zero-order chi connectivity index (χ0) is 20.4. The largest absolute Gasteiger partial charge is 0.276 e. The summed E-state index contributed by atoms with van der Waals surface area (Å²) in [5.74, 6) is 0. The molecule has 7 heteroatoms. The average Bonchev–Trinajstić information content (AvgIpc) is 3.12. The molecule has 0 unspecified atom stereocenters. The lowest BCUT2D eigenvalue weighted by atomic mass is 10.0. The van der Waals surface area contributed by atoms with E-state index in [0.717, 1.165) is 16.7 Å². The first-order valence-corrected chi connectivity index (χ1v) is 10.8. The second-order valence-electron chi connectivity index (χ2n) is 6.56. The number of sulfonamides is 1. The van der Waals surface area contributed by atoms with E-state index in [2.05, 4.69) is 9.93 Å². The van der Waals surface area contributed by atoms with Crippen molar-refractivity contribution in [1.82, 2.24) is 9.89 Å². The summed E-state index contributed by atoms with van der Waals surface area (Å²) in [6, 6.07) is 25.1. The number of nitrogens with one attached hydrogen (secondary N) is 1. The number of halogens is 1. The molecule has 0 saturated heterocycles. The highest BCUT2D eigenvalue weighted by Crippen LogP contribution is 2.29. The first-order valence-electron chi connectivity index (χ1n) is 8.94. The second-order valence-corrected chi connectivity index (χ2v) is 8.65. The first-order chi connectivity index (χ1) is 13.9.